The third-order valence-electron chi connectivity index (χ3n) is 4.78. The highest BCUT2D eigenvalue weighted by Crippen LogP contribution is 2.28. The van der Waals surface area contributed by atoms with E-state index in [4.69, 9.17) is 9.47 Å². The summed E-state index contributed by atoms with van der Waals surface area (Å²) in [6, 6.07) is 4.91. The average Bonchev–Trinajstić information content (AvgIpc) is 2.67. The van der Waals surface area contributed by atoms with Crippen molar-refractivity contribution in [2.75, 3.05) is 13.7 Å². The summed E-state index contributed by atoms with van der Waals surface area (Å²) < 4.78 is 10.7. The summed E-state index contributed by atoms with van der Waals surface area (Å²) in [6.45, 7) is 2.39. The number of carbonyl (C=O) groups excluding carboxylic acids is 2. The van der Waals surface area contributed by atoms with E-state index in [1.54, 1.807) is 18.2 Å². The van der Waals surface area contributed by atoms with Crippen molar-refractivity contribution in [2.24, 2.45) is 5.92 Å². The molecule has 1 aliphatic carbocycles. The first kappa shape index (κ1) is 20.1. The maximum absolute atomic E-state index is 12.2. The van der Waals surface area contributed by atoms with Gasteiger partial charge in [0.1, 0.15) is 0 Å². The number of hydrazine groups is 1. The average molecular weight is 362 g/mol. The number of carbonyl (C=O) groups is 2. The van der Waals surface area contributed by atoms with Gasteiger partial charge in [0.25, 0.3) is 5.91 Å². The Labute approximate surface area is 155 Å². The van der Waals surface area contributed by atoms with E-state index >= 15 is 0 Å². The second-order valence-electron chi connectivity index (χ2n) is 6.70. The maximum atomic E-state index is 12.2. The van der Waals surface area contributed by atoms with Crippen LogP contribution in [0.5, 0.6) is 11.5 Å². The van der Waals surface area contributed by atoms with Crippen LogP contribution in [0.2, 0.25) is 0 Å². The molecule has 1 fully saturated rings. The van der Waals surface area contributed by atoms with Gasteiger partial charge in [-0.15, -0.1) is 0 Å². The summed E-state index contributed by atoms with van der Waals surface area (Å²) in [5.74, 6) is 1.29. The molecule has 0 unspecified atom stereocenters. The molecule has 0 saturated heterocycles. The quantitative estimate of drug-likeness (QED) is 0.693. The molecular formula is C20H30N2O4. The highest BCUT2D eigenvalue weighted by molar-refractivity contribution is 5.96. The Morgan fingerprint density at radius 3 is 2.58 bits per heavy atom. The Morgan fingerprint density at radius 1 is 1.12 bits per heavy atom. The Kier molecular flexibility index (Phi) is 8.25. The summed E-state index contributed by atoms with van der Waals surface area (Å²) in [6.07, 6.45) is 8.95. The smallest absolute Gasteiger partial charge is 0.269 e. The molecule has 26 heavy (non-hydrogen) atoms. The van der Waals surface area contributed by atoms with Gasteiger partial charge in [0.15, 0.2) is 11.5 Å². The van der Waals surface area contributed by atoms with Crippen molar-refractivity contribution in [3.63, 3.8) is 0 Å². The normalized spacial score (nSPS) is 14.5. The fourth-order valence-electron chi connectivity index (χ4n) is 3.37. The summed E-state index contributed by atoms with van der Waals surface area (Å²) in [4.78, 5) is 24.1. The Balaban J connectivity index is 1.74. The van der Waals surface area contributed by atoms with Crippen LogP contribution in [0.3, 0.4) is 0 Å². The van der Waals surface area contributed by atoms with Gasteiger partial charge in [-0.25, -0.2) is 0 Å². The van der Waals surface area contributed by atoms with Gasteiger partial charge in [-0.1, -0.05) is 32.1 Å². The minimum atomic E-state index is -0.382. The van der Waals surface area contributed by atoms with Crippen LogP contribution >= 0.6 is 0 Å². The predicted octanol–water partition coefficient (Wildman–Crippen LogP) is 3.61. The first-order valence-electron chi connectivity index (χ1n) is 9.54. The number of ether oxygens (including phenoxy) is 2. The number of rotatable bonds is 8. The molecule has 1 saturated carbocycles. The standard InChI is InChI=1S/C20H30N2O4/c1-3-26-17-13-12-16(14-18(17)25-2)20(24)22-21-19(23)11-7-10-15-8-5-4-6-9-15/h12-15H,3-11H2,1-2H3,(H,21,23)(H,22,24). The Morgan fingerprint density at radius 2 is 1.88 bits per heavy atom. The van der Waals surface area contributed by atoms with Gasteiger partial charge in [-0.3, -0.25) is 20.4 Å². The minimum Gasteiger partial charge on any atom is -0.493 e. The number of hydrogen-bond acceptors (Lipinski definition) is 4. The lowest BCUT2D eigenvalue weighted by atomic mass is 9.86. The second-order valence-corrected chi connectivity index (χ2v) is 6.70. The van der Waals surface area contributed by atoms with Crippen LogP contribution in [-0.4, -0.2) is 25.5 Å². The fraction of sp³-hybridized carbons (Fsp3) is 0.600. The van der Waals surface area contributed by atoms with Gasteiger partial charge in [-0.05, 0) is 43.9 Å². The first-order chi connectivity index (χ1) is 12.6. The van der Waals surface area contributed by atoms with Gasteiger partial charge in [0, 0.05) is 12.0 Å². The molecule has 1 aromatic rings. The van der Waals surface area contributed by atoms with Crippen LogP contribution in [0.15, 0.2) is 18.2 Å². The SMILES string of the molecule is CCOc1ccc(C(=O)NNC(=O)CCCC2CCCCC2)cc1OC. The molecule has 2 N–H and O–H groups in total. The summed E-state index contributed by atoms with van der Waals surface area (Å²) in [5.41, 5.74) is 5.34. The highest BCUT2D eigenvalue weighted by atomic mass is 16.5. The zero-order chi connectivity index (χ0) is 18.8. The first-order valence-corrected chi connectivity index (χ1v) is 9.54. The van der Waals surface area contributed by atoms with E-state index in [-0.39, 0.29) is 11.8 Å². The van der Waals surface area contributed by atoms with E-state index in [0.29, 0.717) is 30.1 Å². The molecule has 2 amide bonds. The van der Waals surface area contributed by atoms with Crippen molar-refractivity contribution in [1.29, 1.82) is 0 Å². The molecule has 6 nitrogen and oxygen atoms in total. The van der Waals surface area contributed by atoms with Gasteiger partial charge in [0.05, 0.1) is 13.7 Å². The van der Waals surface area contributed by atoms with Crippen LogP contribution in [0.1, 0.15) is 68.6 Å². The predicted molar refractivity (Wildman–Crippen MR) is 100 cm³/mol. The van der Waals surface area contributed by atoms with E-state index in [1.807, 2.05) is 6.92 Å². The van der Waals surface area contributed by atoms with E-state index in [1.165, 1.54) is 39.2 Å². The zero-order valence-electron chi connectivity index (χ0n) is 15.8. The molecule has 0 spiro atoms. The zero-order valence-corrected chi connectivity index (χ0v) is 15.8. The van der Waals surface area contributed by atoms with Crippen molar-refractivity contribution in [3.8, 4) is 11.5 Å². The van der Waals surface area contributed by atoms with Gasteiger partial charge in [-0.2, -0.15) is 0 Å². The third-order valence-corrected chi connectivity index (χ3v) is 4.78. The van der Waals surface area contributed by atoms with Crippen molar-refractivity contribution >= 4 is 11.8 Å². The van der Waals surface area contributed by atoms with Crippen molar-refractivity contribution in [3.05, 3.63) is 23.8 Å². The van der Waals surface area contributed by atoms with Crippen LogP contribution in [-0.2, 0) is 4.79 Å². The van der Waals surface area contributed by atoms with Crippen LogP contribution < -0.4 is 20.3 Å². The van der Waals surface area contributed by atoms with Crippen molar-refractivity contribution < 1.29 is 19.1 Å². The topological polar surface area (TPSA) is 76.7 Å². The minimum absolute atomic E-state index is 0.160. The molecule has 0 aliphatic heterocycles. The lowest BCUT2D eigenvalue weighted by Crippen LogP contribution is -2.41. The maximum Gasteiger partial charge on any atom is 0.269 e. The van der Waals surface area contributed by atoms with E-state index in [0.717, 1.165) is 18.8 Å². The molecule has 0 bridgehead atoms. The van der Waals surface area contributed by atoms with Crippen molar-refractivity contribution in [1.82, 2.24) is 10.9 Å². The van der Waals surface area contributed by atoms with E-state index < -0.39 is 0 Å². The number of benzene rings is 1. The molecule has 0 heterocycles. The van der Waals surface area contributed by atoms with Gasteiger partial charge >= 0.3 is 0 Å². The molecule has 1 aromatic carbocycles. The summed E-state index contributed by atoms with van der Waals surface area (Å²) in [7, 11) is 1.52. The lowest BCUT2D eigenvalue weighted by molar-refractivity contribution is -0.122. The van der Waals surface area contributed by atoms with Crippen LogP contribution in [0.25, 0.3) is 0 Å². The molecule has 1 aliphatic rings. The molecule has 0 aromatic heterocycles. The third kappa shape index (κ3) is 6.24. The number of nitrogens with one attached hydrogen (secondary N) is 2. The van der Waals surface area contributed by atoms with Crippen molar-refractivity contribution in [2.45, 2.75) is 58.3 Å². The highest BCUT2D eigenvalue weighted by Gasteiger charge is 2.14. The molecule has 144 valence electrons. The van der Waals surface area contributed by atoms with Crippen LogP contribution in [0, 0.1) is 5.92 Å². The molecule has 0 radical (unpaired) electrons. The molecular weight excluding hydrogens is 332 g/mol. The Hall–Kier alpha value is -2.24. The van der Waals surface area contributed by atoms with Gasteiger partial charge < -0.3 is 9.47 Å². The second kappa shape index (κ2) is 10.7. The summed E-state index contributed by atoms with van der Waals surface area (Å²) in [5, 5.41) is 0. The molecule has 0 atom stereocenters. The fourth-order valence-corrected chi connectivity index (χ4v) is 3.37. The van der Waals surface area contributed by atoms with E-state index in [9.17, 15) is 9.59 Å². The summed E-state index contributed by atoms with van der Waals surface area (Å²) >= 11 is 0. The largest absolute Gasteiger partial charge is 0.493 e. The number of hydrogen-bond donors (Lipinski definition) is 2. The Bertz CT molecular complexity index is 597. The van der Waals surface area contributed by atoms with E-state index in [2.05, 4.69) is 10.9 Å². The van der Waals surface area contributed by atoms with Gasteiger partial charge in [0.2, 0.25) is 5.91 Å². The lowest BCUT2D eigenvalue weighted by Gasteiger charge is -2.21. The molecule has 6 heteroatoms. The monoisotopic (exact) mass is 362 g/mol. The molecule has 2 rings (SSSR count). The van der Waals surface area contributed by atoms with Crippen LogP contribution in [0.4, 0.5) is 0 Å². The number of methoxy groups -OCH3 is 1. The number of amides is 2.